The van der Waals surface area contributed by atoms with Crippen LogP contribution in [0.5, 0.6) is 0 Å². The van der Waals surface area contributed by atoms with Crippen molar-refractivity contribution in [3.8, 4) is 0 Å². The highest BCUT2D eigenvalue weighted by molar-refractivity contribution is 5.74. The second-order valence-corrected chi connectivity index (χ2v) is 5.50. The number of nitrogens with one attached hydrogen (secondary N) is 2. The summed E-state index contributed by atoms with van der Waals surface area (Å²) >= 11 is 0. The predicted octanol–water partition coefficient (Wildman–Crippen LogP) is 1.85. The predicted molar refractivity (Wildman–Crippen MR) is 82.1 cm³/mol. The molecule has 20 heavy (non-hydrogen) atoms. The van der Waals surface area contributed by atoms with Gasteiger partial charge in [0.1, 0.15) is 0 Å². The first-order valence-corrected chi connectivity index (χ1v) is 7.46. The van der Waals surface area contributed by atoms with E-state index in [4.69, 9.17) is 0 Å². The Bertz CT molecular complexity index is 453. The van der Waals surface area contributed by atoms with Crippen LogP contribution in [0.15, 0.2) is 18.2 Å². The van der Waals surface area contributed by atoms with Crippen LogP contribution in [0, 0.1) is 13.8 Å². The maximum atomic E-state index is 11.9. The number of rotatable bonds is 4. The molecule has 2 rings (SSSR count). The van der Waals surface area contributed by atoms with Crippen LogP contribution in [0.4, 0.5) is 4.79 Å². The molecular weight excluding hydrogens is 250 g/mol. The van der Waals surface area contributed by atoms with Gasteiger partial charge in [0.15, 0.2) is 0 Å². The average molecular weight is 275 g/mol. The number of nitrogens with zero attached hydrogens (tertiary/aromatic N) is 1. The molecule has 0 saturated carbocycles. The van der Waals surface area contributed by atoms with Crippen LogP contribution in [-0.2, 0) is 6.42 Å². The van der Waals surface area contributed by atoms with Gasteiger partial charge in [-0.05, 0) is 37.8 Å². The van der Waals surface area contributed by atoms with Crippen LogP contribution in [0.25, 0.3) is 0 Å². The normalized spacial score (nSPS) is 15.2. The maximum absolute atomic E-state index is 11.9. The zero-order valence-electron chi connectivity index (χ0n) is 12.5. The van der Waals surface area contributed by atoms with Crippen molar-refractivity contribution in [2.24, 2.45) is 0 Å². The van der Waals surface area contributed by atoms with Gasteiger partial charge in [-0.15, -0.1) is 0 Å². The minimum Gasteiger partial charge on any atom is -0.338 e. The fourth-order valence-corrected chi connectivity index (χ4v) is 2.58. The van der Waals surface area contributed by atoms with Crippen LogP contribution in [0.1, 0.15) is 23.1 Å². The van der Waals surface area contributed by atoms with Gasteiger partial charge in [-0.1, -0.05) is 23.8 Å². The van der Waals surface area contributed by atoms with Gasteiger partial charge >= 0.3 is 6.03 Å². The molecule has 0 atom stereocenters. The second kappa shape index (κ2) is 7.29. The van der Waals surface area contributed by atoms with Crippen molar-refractivity contribution in [1.29, 1.82) is 0 Å². The van der Waals surface area contributed by atoms with Gasteiger partial charge < -0.3 is 15.5 Å². The minimum atomic E-state index is 0.0760. The summed E-state index contributed by atoms with van der Waals surface area (Å²) in [5, 5.41) is 6.26. The summed E-state index contributed by atoms with van der Waals surface area (Å²) in [6.45, 7) is 8.43. The van der Waals surface area contributed by atoms with Crippen molar-refractivity contribution >= 4 is 6.03 Å². The molecule has 0 aliphatic carbocycles. The highest BCUT2D eigenvalue weighted by Crippen LogP contribution is 2.12. The fourth-order valence-electron chi connectivity index (χ4n) is 2.58. The van der Waals surface area contributed by atoms with E-state index in [2.05, 4.69) is 42.7 Å². The lowest BCUT2D eigenvalue weighted by atomic mass is 10.0. The van der Waals surface area contributed by atoms with E-state index in [1.165, 1.54) is 16.7 Å². The Kier molecular flexibility index (Phi) is 5.41. The van der Waals surface area contributed by atoms with Crippen LogP contribution < -0.4 is 10.6 Å². The molecule has 0 radical (unpaired) electrons. The number of benzene rings is 1. The molecule has 1 saturated heterocycles. The molecule has 1 heterocycles. The van der Waals surface area contributed by atoms with Gasteiger partial charge in [-0.2, -0.15) is 0 Å². The Hall–Kier alpha value is -1.55. The van der Waals surface area contributed by atoms with E-state index in [-0.39, 0.29) is 6.03 Å². The van der Waals surface area contributed by atoms with E-state index in [0.717, 1.165) is 45.6 Å². The first kappa shape index (κ1) is 14.9. The SMILES string of the molecule is Cc1ccc(CCCNC(=O)N2CCNCC2)c(C)c1. The number of amides is 2. The zero-order valence-corrected chi connectivity index (χ0v) is 12.5. The molecular formula is C16H25N3O. The molecule has 0 aromatic heterocycles. The molecule has 4 heteroatoms. The number of piperazine rings is 1. The third-order valence-corrected chi connectivity index (χ3v) is 3.80. The minimum absolute atomic E-state index is 0.0760. The molecule has 110 valence electrons. The Morgan fingerprint density at radius 1 is 1.30 bits per heavy atom. The lowest BCUT2D eigenvalue weighted by Crippen LogP contribution is -2.50. The van der Waals surface area contributed by atoms with Crippen molar-refractivity contribution < 1.29 is 4.79 Å². The zero-order chi connectivity index (χ0) is 14.4. The van der Waals surface area contributed by atoms with Gasteiger partial charge in [0, 0.05) is 32.7 Å². The molecule has 4 nitrogen and oxygen atoms in total. The van der Waals surface area contributed by atoms with Gasteiger partial charge in [-0.25, -0.2) is 4.79 Å². The van der Waals surface area contributed by atoms with Gasteiger partial charge in [0.2, 0.25) is 0 Å². The van der Waals surface area contributed by atoms with Gasteiger partial charge in [0.05, 0.1) is 0 Å². The molecule has 1 aliphatic rings. The third-order valence-electron chi connectivity index (χ3n) is 3.80. The quantitative estimate of drug-likeness (QED) is 0.824. The number of carbonyl (C=O) groups is 1. The summed E-state index contributed by atoms with van der Waals surface area (Å²) in [6, 6.07) is 6.64. The summed E-state index contributed by atoms with van der Waals surface area (Å²) in [7, 11) is 0. The average Bonchev–Trinajstić information content (AvgIpc) is 2.46. The van der Waals surface area contributed by atoms with E-state index in [1.807, 2.05) is 4.90 Å². The molecule has 0 bridgehead atoms. The summed E-state index contributed by atoms with van der Waals surface area (Å²) in [5.74, 6) is 0. The third kappa shape index (κ3) is 4.23. The molecule has 2 N–H and O–H groups in total. The van der Waals surface area contributed by atoms with Gasteiger partial charge in [-0.3, -0.25) is 0 Å². The lowest BCUT2D eigenvalue weighted by Gasteiger charge is -2.27. The van der Waals surface area contributed by atoms with Crippen LogP contribution in [0.3, 0.4) is 0 Å². The Balaban J connectivity index is 1.69. The molecule has 1 fully saturated rings. The fraction of sp³-hybridized carbons (Fsp3) is 0.562. The molecule has 1 aromatic rings. The van der Waals surface area contributed by atoms with Crippen molar-refractivity contribution in [2.45, 2.75) is 26.7 Å². The Morgan fingerprint density at radius 2 is 2.05 bits per heavy atom. The molecule has 1 aliphatic heterocycles. The van der Waals surface area contributed by atoms with Crippen molar-refractivity contribution in [2.75, 3.05) is 32.7 Å². The number of carbonyl (C=O) groups excluding carboxylic acids is 1. The van der Waals surface area contributed by atoms with Crippen molar-refractivity contribution in [3.05, 3.63) is 34.9 Å². The van der Waals surface area contributed by atoms with E-state index in [1.54, 1.807) is 0 Å². The highest BCUT2D eigenvalue weighted by atomic mass is 16.2. The Labute approximate surface area is 121 Å². The van der Waals surface area contributed by atoms with E-state index in [0.29, 0.717) is 0 Å². The highest BCUT2D eigenvalue weighted by Gasteiger charge is 2.14. The number of hydrogen-bond acceptors (Lipinski definition) is 2. The number of aryl methyl sites for hydroxylation is 3. The first-order valence-electron chi connectivity index (χ1n) is 7.46. The summed E-state index contributed by atoms with van der Waals surface area (Å²) in [4.78, 5) is 13.8. The lowest BCUT2D eigenvalue weighted by molar-refractivity contribution is 0.190. The number of urea groups is 1. The molecule has 1 aromatic carbocycles. The number of hydrogen-bond donors (Lipinski definition) is 2. The van der Waals surface area contributed by atoms with Crippen molar-refractivity contribution in [3.63, 3.8) is 0 Å². The summed E-state index contributed by atoms with van der Waals surface area (Å²) < 4.78 is 0. The smallest absolute Gasteiger partial charge is 0.317 e. The summed E-state index contributed by atoms with van der Waals surface area (Å²) in [5.41, 5.74) is 4.03. The molecule has 0 spiro atoms. The molecule has 2 amide bonds. The Morgan fingerprint density at radius 3 is 2.75 bits per heavy atom. The van der Waals surface area contributed by atoms with Crippen LogP contribution in [-0.4, -0.2) is 43.7 Å². The monoisotopic (exact) mass is 275 g/mol. The second-order valence-electron chi connectivity index (χ2n) is 5.50. The summed E-state index contributed by atoms with van der Waals surface area (Å²) in [6.07, 6.45) is 2.01. The van der Waals surface area contributed by atoms with Crippen LogP contribution in [0.2, 0.25) is 0 Å². The topological polar surface area (TPSA) is 44.4 Å². The van der Waals surface area contributed by atoms with Gasteiger partial charge in [0.25, 0.3) is 0 Å². The van der Waals surface area contributed by atoms with E-state index in [9.17, 15) is 4.79 Å². The van der Waals surface area contributed by atoms with Crippen LogP contribution >= 0.6 is 0 Å². The van der Waals surface area contributed by atoms with Crippen molar-refractivity contribution in [1.82, 2.24) is 15.5 Å². The first-order chi connectivity index (χ1) is 9.66. The van der Waals surface area contributed by atoms with E-state index >= 15 is 0 Å². The largest absolute Gasteiger partial charge is 0.338 e. The van der Waals surface area contributed by atoms with E-state index < -0.39 is 0 Å². The standard InChI is InChI=1S/C16H25N3O/c1-13-5-6-15(14(2)12-13)4-3-7-18-16(20)19-10-8-17-9-11-19/h5-6,12,17H,3-4,7-11H2,1-2H3,(H,18,20). The maximum Gasteiger partial charge on any atom is 0.317 e. The molecule has 0 unspecified atom stereocenters.